The number of esters is 1. The Morgan fingerprint density at radius 1 is 0.672 bits per heavy atom. The maximum absolute atomic E-state index is 14.5. The Hall–Kier alpha value is -5.78. The minimum absolute atomic E-state index is 0.0126. The average Bonchev–Trinajstić information content (AvgIpc) is 3.81. The van der Waals surface area contributed by atoms with Gasteiger partial charge < -0.3 is 20.4 Å². The van der Waals surface area contributed by atoms with E-state index in [-0.39, 0.29) is 40.8 Å². The number of carbonyl (C=O) groups is 3. The van der Waals surface area contributed by atoms with Crippen LogP contribution in [0.5, 0.6) is 0 Å². The summed E-state index contributed by atoms with van der Waals surface area (Å²) >= 11 is 13.0. The number of nitrogens with one attached hydrogen (secondary N) is 3. The zero-order valence-electron chi connectivity index (χ0n) is 33.6. The number of carbonyl (C=O) groups excluding carboxylic acids is 3. The molecule has 0 radical (unpaired) electrons. The molecular weight excluding hydrogens is 811 g/mol. The minimum atomic E-state index is -0.594. The van der Waals surface area contributed by atoms with Gasteiger partial charge in [-0.25, -0.2) is 19.6 Å². The van der Waals surface area contributed by atoms with Crippen molar-refractivity contribution >= 4 is 64.3 Å². The molecule has 10 nitrogen and oxygen atoms in total. The summed E-state index contributed by atoms with van der Waals surface area (Å²) in [5, 5.41) is 6.50. The molecular formula is C49H46Cl2N4O6. The van der Waals surface area contributed by atoms with Crippen LogP contribution in [-0.4, -0.2) is 40.8 Å². The Balaban J connectivity index is 1.28. The van der Waals surface area contributed by atoms with Gasteiger partial charge in [0.2, 0.25) is 0 Å². The number of anilines is 1. The van der Waals surface area contributed by atoms with E-state index in [2.05, 4.69) is 15.6 Å². The molecule has 1 aromatic heterocycles. The summed E-state index contributed by atoms with van der Waals surface area (Å²) in [7, 11) is 0. The van der Waals surface area contributed by atoms with Crippen LogP contribution in [0.3, 0.4) is 0 Å². The van der Waals surface area contributed by atoms with Gasteiger partial charge in [0.1, 0.15) is 29.9 Å². The van der Waals surface area contributed by atoms with Gasteiger partial charge in [-0.05, 0) is 80.0 Å². The first-order valence-electron chi connectivity index (χ1n) is 20.9. The first kappa shape index (κ1) is 41.9. The monoisotopic (exact) mass is 856 g/mol. The molecule has 2 fully saturated rings. The van der Waals surface area contributed by atoms with Crippen LogP contribution < -0.4 is 10.6 Å². The highest BCUT2D eigenvalue weighted by Crippen LogP contribution is 2.41. The van der Waals surface area contributed by atoms with Gasteiger partial charge in [0.15, 0.2) is 0 Å². The first-order valence-corrected chi connectivity index (χ1v) is 21.6. The van der Waals surface area contributed by atoms with E-state index in [4.69, 9.17) is 42.7 Å². The van der Waals surface area contributed by atoms with Crippen LogP contribution in [0.25, 0.3) is 22.8 Å². The van der Waals surface area contributed by atoms with Gasteiger partial charge in [-0.15, -0.1) is 0 Å². The fraction of sp³-hybridized carbons (Fsp3) is 0.265. The fourth-order valence-electron chi connectivity index (χ4n) is 8.15. The Kier molecular flexibility index (Phi) is 13.6. The van der Waals surface area contributed by atoms with Crippen molar-refractivity contribution in [1.29, 1.82) is 0 Å². The largest absolute Gasteiger partial charge is 0.459 e. The normalized spacial score (nSPS) is 16.7. The van der Waals surface area contributed by atoms with Crippen molar-refractivity contribution in [2.75, 3.05) is 5.32 Å². The second-order valence-corrected chi connectivity index (χ2v) is 16.2. The molecule has 0 atom stereocenters. The zero-order valence-corrected chi connectivity index (χ0v) is 35.1. The third-order valence-electron chi connectivity index (χ3n) is 11.2. The zero-order chi connectivity index (χ0) is 42.1. The number of ether oxygens (including phenoxy) is 1. The Bertz CT molecular complexity index is 2480. The number of rotatable bonds is 12. The van der Waals surface area contributed by atoms with E-state index in [1.165, 1.54) is 6.42 Å². The van der Waals surface area contributed by atoms with Gasteiger partial charge in [0.05, 0.1) is 38.7 Å². The number of amides is 2. The summed E-state index contributed by atoms with van der Waals surface area (Å²) in [6.07, 6.45) is 11.1. The molecule has 1 aliphatic heterocycles. The predicted octanol–water partition coefficient (Wildman–Crippen LogP) is 11.5. The van der Waals surface area contributed by atoms with Crippen molar-refractivity contribution in [2.24, 2.45) is 4.99 Å². The molecule has 3 aliphatic rings. The van der Waals surface area contributed by atoms with Crippen LogP contribution in [-0.2, 0) is 25.9 Å². The maximum atomic E-state index is 14.5. The summed E-state index contributed by atoms with van der Waals surface area (Å²) in [4.78, 5) is 62.7. The number of amidine groups is 1. The summed E-state index contributed by atoms with van der Waals surface area (Å²) in [6, 6.07) is 32.6. The predicted molar refractivity (Wildman–Crippen MR) is 239 cm³/mol. The van der Waals surface area contributed by atoms with E-state index in [1.54, 1.807) is 48.5 Å². The Morgan fingerprint density at radius 3 is 1.82 bits per heavy atom. The number of benzene rings is 4. The molecule has 4 aromatic carbocycles. The van der Waals surface area contributed by atoms with E-state index in [0.29, 0.717) is 50.1 Å². The van der Waals surface area contributed by atoms with Crippen LogP contribution >= 0.6 is 23.2 Å². The molecule has 2 saturated carbocycles. The molecule has 2 aliphatic carbocycles. The lowest BCUT2D eigenvalue weighted by Gasteiger charge is -2.22. The highest BCUT2D eigenvalue weighted by Gasteiger charge is 2.35. The first-order chi connectivity index (χ1) is 29.8. The van der Waals surface area contributed by atoms with Crippen molar-refractivity contribution < 1.29 is 28.9 Å². The molecule has 12 heteroatoms. The summed E-state index contributed by atoms with van der Waals surface area (Å²) in [5.41, 5.74) is 4.82. The minimum Gasteiger partial charge on any atom is -0.459 e. The topological polar surface area (TPSA) is 131 Å². The molecule has 5 aromatic rings. The highest BCUT2D eigenvalue weighted by molar-refractivity contribution is 6.36. The number of allylic oxidation sites excluding steroid dienone is 1. The standard InChI is InChI=1S/C49H46Cl2N4O6/c50-38-27-15-13-25-35(38)47(56)54-45-37(30-59-61-34-23-11-4-12-24-34)42(31-17-5-1-6-18-31)40(52-45)29-41-43(32-19-7-2-8-20-32)44(49(58)60-33-21-9-3-10-22-33)46(53-41)55-48(57)36-26-14-16-28-39(36)51/h1-2,5-8,13-20,25-29,33-34,52H,3-4,9-12,21-24,30H2,(H,54,56)(H,53,55,57). The number of aliphatic imine (C=N–C) groups is 1. The lowest BCUT2D eigenvalue weighted by molar-refractivity contribution is -0.336. The number of nitrogens with zero attached hydrogens (tertiary/aromatic N) is 1. The quantitative estimate of drug-likeness (QED) is 0.0650. The van der Waals surface area contributed by atoms with Gasteiger partial charge in [-0.3, -0.25) is 9.59 Å². The van der Waals surface area contributed by atoms with Crippen molar-refractivity contribution in [3.8, 4) is 11.1 Å². The molecule has 0 bridgehead atoms. The number of aromatic nitrogens is 1. The van der Waals surface area contributed by atoms with Crippen molar-refractivity contribution in [3.05, 3.63) is 158 Å². The lowest BCUT2D eigenvalue weighted by atomic mass is 9.95. The van der Waals surface area contributed by atoms with E-state index in [9.17, 15) is 14.4 Å². The van der Waals surface area contributed by atoms with Crippen LogP contribution in [0.15, 0.2) is 125 Å². The van der Waals surface area contributed by atoms with Crippen LogP contribution in [0.2, 0.25) is 10.0 Å². The third-order valence-corrected chi connectivity index (χ3v) is 11.9. The van der Waals surface area contributed by atoms with Gasteiger partial charge in [0, 0.05) is 16.7 Å². The number of halogens is 2. The Labute approximate surface area is 364 Å². The summed E-state index contributed by atoms with van der Waals surface area (Å²) in [5.74, 6) is -1.17. The molecule has 0 unspecified atom stereocenters. The molecule has 0 saturated heterocycles. The third kappa shape index (κ3) is 9.90. The second kappa shape index (κ2) is 19.7. The molecule has 2 heterocycles. The number of aromatic amines is 1. The average molecular weight is 858 g/mol. The second-order valence-electron chi connectivity index (χ2n) is 15.4. The molecule has 61 heavy (non-hydrogen) atoms. The number of hydrogen-bond donors (Lipinski definition) is 3. The van der Waals surface area contributed by atoms with E-state index in [0.717, 1.165) is 63.4 Å². The fourth-order valence-corrected chi connectivity index (χ4v) is 8.59. The van der Waals surface area contributed by atoms with E-state index in [1.807, 2.05) is 66.7 Å². The number of hydrogen-bond acceptors (Lipinski definition) is 7. The van der Waals surface area contributed by atoms with E-state index < -0.39 is 17.8 Å². The number of H-pyrrole nitrogens is 1. The van der Waals surface area contributed by atoms with Crippen molar-refractivity contribution in [1.82, 2.24) is 10.3 Å². The molecule has 3 N–H and O–H groups in total. The van der Waals surface area contributed by atoms with Gasteiger partial charge in [-0.1, -0.05) is 134 Å². The highest BCUT2D eigenvalue weighted by atomic mass is 35.5. The summed E-state index contributed by atoms with van der Waals surface area (Å²) in [6.45, 7) is -0.0126. The van der Waals surface area contributed by atoms with E-state index >= 15 is 0 Å². The maximum Gasteiger partial charge on any atom is 0.342 e. The van der Waals surface area contributed by atoms with Crippen LogP contribution in [0.4, 0.5) is 5.82 Å². The van der Waals surface area contributed by atoms with Gasteiger partial charge >= 0.3 is 5.97 Å². The smallest absolute Gasteiger partial charge is 0.342 e. The van der Waals surface area contributed by atoms with Crippen LogP contribution in [0, 0.1) is 0 Å². The molecule has 2 amide bonds. The molecule has 0 spiro atoms. The van der Waals surface area contributed by atoms with Gasteiger partial charge in [0.25, 0.3) is 11.8 Å². The van der Waals surface area contributed by atoms with Crippen molar-refractivity contribution in [3.63, 3.8) is 0 Å². The summed E-state index contributed by atoms with van der Waals surface area (Å²) < 4.78 is 6.19. The lowest BCUT2D eigenvalue weighted by Crippen LogP contribution is -2.35. The SMILES string of the molecule is O=C(OC1CCCCC1)C1=C(c2ccccc2)C(=Cc2[nH]c(NC(=O)c3ccccc3Cl)c(COOC3CCCCC3)c2-c2ccccc2)N=C1NC(=O)c1ccccc1Cl. The molecule has 8 rings (SSSR count). The van der Waals surface area contributed by atoms with Gasteiger partial charge in [-0.2, -0.15) is 0 Å². The van der Waals surface area contributed by atoms with Crippen LogP contribution in [0.1, 0.15) is 102 Å². The Morgan fingerprint density at radius 2 is 1.21 bits per heavy atom. The van der Waals surface area contributed by atoms with Crippen molar-refractivity contribution in [2.45, 2.75) is 83.0 Å². The molecule has 312 valence electrons.